The van der Waals surface area contributed by atoms with Crippen LogP contribution in [-0.2, 0) is 13.0 Å². The first-order valence-electron chi connectivity index (χ1n) is 11.9. The minimum Gasteiger partial charge on any atom is -0.491 e. The van der Waals surface area contributed by atoms with Crippen LogP contribution < -0.4 is 10.1 Å². The molecule has 0 aliphatic rings. The van der Waals surface area contributed by atoms with Gasteiger partial charge in [-0.2, -0.15) is 0 Å². The number of para-hydroxylation sites is 3. The highest BCUT2D eigenvalue weighted by molar-refractivity contribution is 5.95. The third-order valence-corrected chi connectivity index (χ3v) is 6.19. The Kier molecular flexibility index (Phi) is 7.31. The Morgan fingerprint density at radius 1 is 0.941 bits per heavy atom. The van der Waals surface area contributed by atoms with Gasteiger partial charge in [-0.05, 0) is 69.0 Å². The molecule has 0 saturated heterocycles. The second kappa shape index (κ2) is 10.6. The van der Waals surface area contributed by atoms with Crippen molar-refractivity contribution in [2.24, 2.45) is 0 Å². The minimum absolute atomic E-state index is 0.0204. The molecule has 1 N–H and O–H groups in total. The van der Waals surface area contributed by atoms with Crippen LogP contribution in [0.15, 0.2) is 60.7 Å². The van der Waals surface area contributed by atoms with E-state index in [0.717, 1.165) is 69.8 Å². The van der Waals surface area contributed by atoms with E-state index >= 15 is 0 Å². The summed E-state index contributed by atoms with van der Waals surface area (Å²) in [6.45, 7) is 10.1. The fraction of sp³-hybridized carbons (Fsp3) is 0.310. The number of nitrogens with one attached hydrogen (secondary N) is 1. The Bertz CT molecular complexity index is 1290. The highest BCUT2D eigenvalue weighted by Crippen LogP contribution is 2.23. The van der Waals surface area contributed by atoms with Crippen LogP contribution in [0.25, 0.3) is 11.0 Å². The van der Waals surface area contributed by atoms with E-state index in [0.29, 0.717) is 13.2 Å². The van der Waals surface area contributed by atoms with Gasteiger partial charge >= 0.3 is 0 Å². The predicted octanol–water partition coefficient (Wildman–Crippen LogP) is 5.71. The first-order valence-corrected chi connectivity index (χ1v) is 11.9. The van der Waals surface area contributed by atoms with Crippen LogP contribution in [0.4, 0.5) is 0 Å². The smallest absolute Gasteiger partial charge is 0.251 e. The molecule has 0 spiro atoms. The number of fused-ring (bicyclic) bond motifs is 1. The summed E-state index contributed by atoms with van der Waals surface area (Å²) < 4.78 is 8.41. The van der Waals surface area contributed by atoms with Gasteiger partial charge in [-0.3, -0.25) is 4.79 Å². The fourth-order valence-electron chi connectivity index (χ4n) is 4.44. The maximum Gasteiger partial charge on any atom is 0.251 e. The van der Waals surface area contributed by atoms with E-state index in [1.54, 1.807) is 0 Å². The lowest BCUT2D eigenvalue weighted by Gasteiger charge is -2.14. The molecule has 0 bridgehead atoms. The van der Waals surface area contributed by atoms with Crippen molar-refractivity contribution in [3.05, 3.63) is 94.3 Å². The quantitative estimate of drug-likeness (QED) is 0.329. The summed E-state index contributed by atoms with van der Waals surface area (Å²) in [4.78, 5) is 17.4. The molecule has 5 heteroatoms. The summed E-state index contributed by atoms with van der Waals surface area (Å²) >= 11 is 0. The molecule has 0 aliphatic carbocycles. The lowest BCUT2D eigenvalue weighted by Crippen LogP contribution is -2.25. The van der Waals surface area contributed by atoms with Gasteiger partial charge in [-0.15, -0.1) is 0 Å². The van der Waals surface area contributed by atoms with Crippen LogP contribution in [-0.4, -0.2) is 28.6 Å². The van der Waals surface area contributed by atoms with Gasteiger partial charge in [0.15, 0.2) is 0 Å². The number of carbonyl (C=O) groups excluding carboxylic acids is 1. The normalized spacial score (nSPS) is 11.1. The molecule has 4 rings (SSSR count). The van der Waals surface area contributed by atoms with E-state index in [4.69, 9.17) is 9.72 Å². The SMILES string of the molecule is Cc1ccc(C(=O)NCCCc2nc3ccccc3n2CCOc2c(C)cccc2C)c(C)c1. The molecule has 1 aromatic heterocycles. The number of imidazole rings is 1. The van der Waals surface area contributed by atoms with Crippen molar-refractivity contribution in [3.8, 4) is 5.75 Å². The molecular formula is C29H33N3O2. The zero-order valence-corrected chi connectivity index (χ0v) is 20.5. The average Bonchev–Trinajstić information content (AvgIpc) is 3.16. The van der Waals surface area contributed by atoms with Gasteiger partial charge in [0.05, 0.1) is 17.6 Å². The van der Waals surface area contributed by atoms with Gasteiger partial charge < -0.3 is 14.6 Å². The molecule has 0 unspecified atom stereocenters. The molecule has 176 valence electrons. The number of aryl methyl sites for hydroxylation is 5. The Morgan fingerprint density at radius 2 is 1.71 bits per heavy atom. The number of nitrogens with zero attached hydrogens (tertiary/aromatic N) is 2. The summed E-state index contributed by atoms with van der Waals surface area (Å²) in [5.41, 5.74) is 7.30. The molecule has 0 aliphatic heterocycles. The van der Waals surface area contributed by atoms with E-state index < -0.39 is 0 Å². The van der Waals surface area contributed by atoms with E-state index in [-0.39, 0.29) is 5.91 Å². The van der Waals surface area contributed by atoms with E-state index in [9.17, 15) is 4.79 Å². The summed E-state index contributed by atoms with van der Waals surface area (Å²) in [5, 5.41) is 3.06. The molecule has 1 amide bonds. The molecule has 1 heterocycles. The molecule has 34 heavy (non-hydrogen) atoms. The van der Waals surface area contributed by atoms with Gasteiger partial charge in [0.25, 0.3) is 5.91 Å². The summed E-state index contributed by atoms with van der Waals surface area (Å²) in [7, 11) is 0. The maximum atomic E-state index is 12.6. The van der Waals surface area contributed by atoms with Crippen LogP contribution in [0.3, 0.4) is 0 Å². The lowest BCUT2D eigenvalue weighted by atomic mass is 10.1. The second-order valence-corrected chi connectivity index (χ2v) is 8.92. The number of hydrogen-bond donors (Lipinski definition) is 1. The van der Waals surface area contributed by atoms with Gasteiger partial charge in [0, 0.05) is 18.5 Å². The van der Waals surface area contributed by atoms with Crippen LogP contribution in [0.5, 0.6) is 5.75 Å². The molecule has 3 aromatic carbocycles. The van der Waals surface area contributed by atoms with Crippen LogP contribution in [0.1, 0.15) is 44.9 Å². The third kappa shape index (κ3) is 5.30. The highest BCUT2D eigenvalue weighted by Gasteiger charge is 2.12. The van der Waals surface area contributed by atoms with E-state index in [1.165, 1.54) is 0 Å². The van der Waals surface area contributed by atoms with Crippen LogP contribution in [0, 0.1) is 27.7 Å². The van der Waals surface area contributed by atoms with Gasteiger partial charge in [-0.1, -0.05) is 48.0 Å². The van der Waals surface area contributed by atoms with Crippen molar-refractivity contribution in [2.45, 2.75) is 47.1 Å². The van der Waals surface area contributed by atoms with Crippen molar-refractivity contribution in [2.75, 3.05) is 13.2 Å². The zero-order chi connectivity index (χ0) is 24.1. The number of carbonyl (C=O) groups is 1. The summed E-state index contributed by atoms with van der Waals surface area (Å²) in [5.74, 6) is 1.96. The van der Waals surface area contributed by atoms with Crippen molar-refractivity contribution in [1.29, 1.82) is 0 Å². The Hall–Kier alpha value is -3.60. The van der Waals surface area contributed by atoms with Gasteiger partial charge in [0.1, 0.15) is 18.2 Å². The molecule has 0 radical (unpaired) electrons. The largest absolute Gasteiger partial charge is 0.491 e. The summed E-state index contributed by atoms with van der Waals surface area (Å²) in [6, 6.07) is 20.3. The van der Waals surface area contributed by atoms with E-state index in [2.05, 4.69) is 48.0 Å². The van der Waals surface area contributed by atoms with Gasteiger partial charge in [0.2, 0.25) is 0 Å². The molecule has 5 nitrogen and oxygen atoms in total. The van der Waals surface area contributed by atoms with Crippen LogP contribution >= 0.6 is 0 Å². The average molecular weight is 456 g/mol. The second-order valence-electron chi connectivity index (χ2n) is 8.92. The molecule has 4 aromatic rings. The standard InChI is InChI=1S/C29H33N3O2/c1-20-14-15-24(23(4)19-20)29(33)30-16-8-13-27-31-25-11-5-6-12-26(25)32(27)17-18-34-28-21(2)9-7-10-22(28)3/h5-7,9-12,14-15,19H,8,13,16-18H2,1-4H3,(H,30,33). The first-order chi connectivity index (χ1) is 16.4. The number of ether oxygens (including phenoxy) is 1. The Morgan fingerprint density at radius 3 is 2.47 bits per heavy atom. The third-order valence-electron chi connectivity index (χ3n) is 6.19. The zero-order valence-electron chi connectivity index (χ0n) is 20.5. The molecule has 0 fully saturated rings. The molecule has 0 atom stereocenters. The monoisotopic (exact) mass is 455 g/mol. The Balaban J connectivity index is 1.39. The van der Waals surface area contributed by atoms with Gasteiger partial charge in [-0.25, -0.2) is 4.98 Å². The molecule has 0 saturated carbocycles. The Labute approximate surface area is 201 Å². The van der Waals surface area contributed by atoms with Crippen molar-refractivity contribution in [1.82, 2.24) is 14.9 Å². The lowest BCUT2D eigenvalue weighted by molar-refractivity contribution is 0.0952. The summed E-state index contributed by atoms with van der Waals surface area (Å²) in [6.07, 6.45) is 1.60. The van der Waals surface area contributed by atoms with Crippen molar-refractivity contribution >= 4 is 16.9 Å². The minimum atomic E-state index is -0.0204. The number of aromatic nitrogens is 2. The topological polar surface area (TPSA) is 56.2 Å². The first kappa shape index (κ1) is 23.6. The number of rotatable bonds is 9. The van der Waals surface area contributed by atoms with Crippen LogP contribution in [0.2, 0.25) is 0 Å². The number of amides is 1. The highest BCUT2D eigenvalue weighted by atomic mass is 16.5. The maximum absolute atomic E-state index is 12.6. The fourth-order valence-corrected chi connectivity index (χ4v) is 4.44. The van der Waals surface area contributed by atoms with E-state index in [1.807, 2.05) is 50.2 Å². The van der Waals surface area contributed by atoms with Crippen molar-refractivity contribution < 1.29 is 9.53 Å². The number of benzene rings is 3. The van der Waals surface area contributed by atoms with Crippen molar-refractivity contribution in [3.63, 3.8) is 0 Å². The number of hydrogen-bond acceptors (Lipinski definition) is 3. The predicted molar refractivity (Wildman–Crippen MR) is 138 cm³/mol. The molecular weight excluding hydrogens is 422 g/mol.